The minimum atomic E-state index is 0.458. The first kappa shape index (κ1) is 18.1. The molecule has 6 rings (SSSR count). The summed E-state index contributed by atoms with van der Waals surface area (Å²) < 4.78 is 6.43. The third-order valence-corrected chi connectivity index (χ3v) is 6.30. The Labute approximate surface area is 180 Å². The van der Waals surface area contributed by atoms with Gasteiger partial charge in [0.2, 0.25) is 0 Å². The molecule has 0 spiro atoms. The van der Waals surface area contributed by atoms with E-state index in [1.54, 1.807) is 6.33 Å². The van der Waals surface area contributed by atoms with E-state index in [4.69, 9.17) is 9.40 Å². The summed E-state index contributed by atoms with van der Waals surface area (Å²) >= 11 is 0. The molecule has 150 valence electrons. The number of benzene rings is 4. The molecule has 0 aliphatic heterocycles. The van der Waals surface area contributed by atoms with Gasteiger partial charge in [0.1, 0.15) is 17.5 Å². The van der Waals surface area contributed by atoms with E-state index in [2.05, 4.69) is 92.5 Å². The smallest absolute Gasteiger partial charge is 0.144 e. The maximum atomic E-state index is 6.43. The van der Waals surface area contributed by atoms with E-state index in [-0.39, 0.29) is 0 Å². The molecule has 0 saturated carbocycles. The van der Waals surface area contributed by atoms with Crippen molar-refractivity contribution < 1.29 is 4.42 Å². The Hall–Kier alpha value is -3.72. The summed E-state index contributed by atoms with van der Waals surface area (Å²) in [6.45, 7) is 6.54. The highest BCUT2D eigenvalue weighted by atomic mass is 16.3. The second-order valence-electron chi connectivity index (χ2n) is 8.55. The van der Waals surface area contributed by atoms with Gasteiger partial charge in [0, 0.05) is 27.1 Å². The van der Waals surface area contributed by atoms with E-state index in [1.165, 1.54) is 21.9 Å². The summed E-state index contributed by atoms with van der Waals surface area (Å²) in [5.41, 5.74) is 7.19. The molecule has 0 aliphatic rings. The van der Waals surface area contributed by atoms with E-state index in [1.807, 2.05) is 0 Å². The Balaban J connectivity index is 1.68. The normalized spacial score (nSPS) is 12.0. The van der Waals surface area contributed by atoms with Gasteiger partial charge in [-0.3, -0.25) is 0 Å². The SMILES string of the molecule is Cc1cccc2ccc3c(-c4cccc5c4oc4cc(C(C)C)ccc45)ncnc3c12. The minimum Gasteiger partial charge on any atom is -0.455 e. The van der Waals surface area contributed by atoms with Gasteiger partial charge in [0.25, 0.3) is 0 Å². The first-order chi connectivity index (χ1) is 15.1. The van der Waals surface area contributed by atoms with E-state index in [0.29, 0.717) is 5.92 Å². The minimum absolute atomic E-state index is 0.458. The number of aromatic nitrogens is 2. The van der Waals surface area contributed by atoms with Crippen molar-refractivity contribution >= 4 is 43.6 Å². The van der Waals surface area contributed by atoms with Crippen molar-refractivity contribution in [3.05, 3.63) is 84.2 Å². The second-order valence-corrected chi connectivity index (χ2v) is 8.55. The van der Waals surface area contributed by atoms with Crippen LogP contribution in [0, 0.1) is 6.92 Å². The first-order valence-corrected chi connectivity index (χ1v) is 10.7. The summed E-state index contributed by atoms with van der Waals surface area (Å²) in [5, 5.41) is 5.68. The predicted octanol–water partition coefficient (Wildman–Crippen LogP) is 7.78. The highest BCUT2D eigenvalue weighted by molar-refractivity contribution is 6.14. The Bertz CT molecular complexity index is 1630. The number of furan rings is 1. The lowest BCUT2D eigenvalue weighted by Crippen LogP contribution is -1.91. The summed E-state index contributed by atoms with van der Waals surface area (Å²) in [7, 11) is 0. The molecule has 2 aromatic heterocycles. The molecule has 0 saturated heterocycles. The molecule has 0 bridgehead atoms. The van der Waals surface area contributed by atoms with Crippen molar-refractivity contribution in [1.29, 1.82) is 0 Å². The molecule has 31 heavy (non-hydrogen) atoms. The van der Waals surface area contributed by atoms with Crippen LogP contribution in [-0.4, -0.2) is 9.97 Å². The molecular weight excluding hydrogens is 380 g/mol. The lowest BCUT2D eigenvalue weighted by atomic mass is 9.98. The van der Waals surface area contributed by atoms with Gasteiger partial charge in [-0.05, 0) is 47.6 Å². The highest BCUT2D eigenvalue weighted by Crippen LogP contribution is 2.39. The molecule has 0 aliphatic carbocycles. The van der Waals surface area contributed by atoms with Crippen LogP contribution in [0.25, 0.3) is 54.9 Å². The molecule has 0 atom stereocenters. The fourth-order valence-corrected chi connectivity index (χ4v) is 4.65. The molecule has 0 N–H and O–H groups in total. The van der Waals surface area contributed by atoms with Crippen LogP contribution in [0.5, 0.6) is 0 Å². The van der Waals surface area contributed by atoms with Crippen LogP contribution in [0.2, 0.25) is 0 Å². The second kappa shape index (κ2) is 6.64. The average Bonchev–Trinajstić information content (AvgIpc) is 3.16. The Morgan fingerprint density at radius 3 is 2.52 bits per heavy atom. The summed E-state index contributed by atoms with van der Waals surface area (Å²) in [4.78, 5) is 9.38. The predicted molar refractivity (Wildman–Crippen MR) is 129 cm³/mol. The number of hydrogen-bond donors (Lipinski definition) is 0. The van der Waals surface area contributed by atoms with Gasteiger partial charge in [-0.1, -0.05) is 62.4 Å². The highest BCUT2D eigenvalue weighted by Gasteiger charge is 2.17. The number of aryl methyl sites for hydroxylation is 1. The molecule has 0 radical (unpaired) electrons. The Morgan fingerprint density at radius 1 is 0.806 bits per heavy atom. The van der Waals surface area contributed by atoms with Crippen LogP contribution < -0.4 is 0 Å². The maximum absolute atomic E-state index is 6.43. The third kappa shape index (κ3) is 2.66. The number of nitrogens with zero attached hydrogens (tertiary/aromatic N) is 2. The quantitative estimate of drug-likeness (QED) is 0.278. The van der Waals surface area contributed by atoms with E-state index in [9.17, 15) is 0 Å². The fourth-order valence-electron chi connectivity index (χ4n) is 4.65. The largest absolute Gasteiger partial charge is 0.455 e. The average molecular weight is 402 g/mol. The standard InChI is InChI=1S/C28H22N2O/c1-16(2)19-11-12-20-21-8-5-9-23(28(21)31-24(20)14-19)26-22-13-10-18-7-4-6-17(3)25(18)27(22)30-15-29-26/h4-16H,1-3H3. The summed E-state index contributed by atoms with van der Waals surface area (Å²) in [6, 6.07) is 23.5. The number of para-hydroxylation sites is 1. The molecule has 4 aromatic carbocycles. The van der Waals surface area contributed by atoms with Crippen molar-refractivity contribution in [2.75, 3.05) is 0 Å². The zero-order valence-electron chi connectivity index (χ0n) is 17.8. The first-order valence-electron chi connectivity index (χ1n) is 10.7. The molecule has 6 aromatic rings. The van der Waals surface area contributed by atoms with Gasteiger partial charge < -0.3 is 4.42 Å². The number of fused-ring (bicyclic) bond motifs is 6. The molecule has 3 heteroatoms. The van der Waals surface area contributed by atoms with Gasteiger partial charge in [-0.15, -0.1) is 0 Å². The van der Waals surface area contributed by atoms with Crippen LogP contribution in [0.4, 0.5) is 0 Å². The summed E-state index contributed by atoms with van der Waals surface area (Å²) in [5.74, 6) is 0.458. The number of hydrogen-bond acceptors (Lipinski definition) is 3. The van der Waals surface area contributed by atoms with Crippen molar-refractivity contribution in [1.82, 2.24) is 9.97 Å². The zero-order chi connectivity index (χ0) is 21.1. The van der Waals surface area contributed by atoms with Gasteiger partial charge >= 0.3 is 0 Å². The van der Waals surface area contributed by atoms with Crippen molar-refractivity contribution in [3.8, 4) is 11.3 Å². The summed E-state index contributed by atoms with van der Waals surface area (Å²) in [6.07, 6.45) is 1.67. The van der Waals surface area contributed by atoms with Crippen LogP contribution in [0.15, 0.2) is 77.5 Å². The van der Waals surface area contributed by atoms with Crippen molar-refractivity contribution in [2.45, 2.75) is 26.7 Å². The topological polar surface area (TPSA) is 38.9 Å². The molecule has 0 fully saturated rings. The number of rotatable bonds is 2. The van der Waals surface area contributed by atoms with E-state index < -0.39 is 0 Å². The fraction of sp³-hybridized carbons (Fsp3) is 0.143. The lowest BCUT2D eigenvalue weighted by Gasteiger charge is -2.10. The van der Waals surface area contributed by atoms with E-state index in [0.717, 1.165) is 44.1 Å². The molecular formula is C28H22N2O. The van der Waals surface area contributed by atoms with Gasteiger partial charge in [0.15, 0.2) is 0 Å². The van der Waals surface area contributed by atoms with Crippen LogP contribution in [0.3, 0.4) is 0 Å². The zero-order valence-corrected chi connectivity index (χ0v) is 17.8. The van der Waals surface area contributed by atoms with Crippen LogP contribution >= 0.6 is 0 Å². The third-order valence-electron chi connectivity index (χ3n) is 6.30. The van der Waals surface area contributed by atoms with Crippen LogP contribution in [-0.2, 0) is 0 Å². The lowest BCUT2D eigenvalue weighted by molar-refractivity contribution is 0.668. The molecule has 2 heterocycles. The van der Waals surface area contributed by atoms with Gasteiger partial charge in [-0.2, -0.15) is 0 Å². The maximum Gasteiger partial charge on any atom is 0.144 e. The molecule has 0 amide bonds. The molecule has 3 nitrogen and oxygen atoms in total. The monoisotopic (exact) mass is 402 g/mol. The van der Waals surface area contributed by atoms with Crippen molar-refractivity contribution in [2.24, 2.45) is 0 Å². The Kier molecular flexibility index (Phi) is 3.87. The van der Waals surface area contributed by atoms with Crippen molar-refractivity contribution in [3.63, 3.8) is 0 Å². The molecule has 0 unspecified atom stereocenters. The van der Waals surface area contributed by atoms with Gasteiger partial charge in [0.05, 0.1) is 11.2 Å². The van der Waals surface area contributed by atoms with Crippen LogP contribution in [0.1, 0.15) is 30.9 Å². The Morgan fingerprint density at radius 2 is 1.65 bits per heavy atom. The van der Waals surface area contributed by atoms with E-state index >= 15 is 0 Å². The van der Waals surface area contributed by atoms with Gasteiger partial charge in [-0.25, -0.2) is 9.97 Å².